The maximum Gasteiger partial charge on any atom is 0.337 e. The standard InChI is InChI=1S/C12H15NO3/c1-4-5-8-6-9(12(14)16-3)7-10(13)11(8)15-2/h4-7H,13H2,1-3H3. The number of nitrogen functional groups attached to an aromatic ring is 1. The maximum absolute atomic E-state index is 11.4. The van der Waals surface area contributed by atoms with Gasteiger partial charge in [0.1, 0.15) is 5.75 Å². The van der Waals surface area contributed by atoms with Gasteiger partial charge in [-0.25, -0.2) is 4.79 Å². The van der Waals surface area contributed by atoms with Gasteiger partial charge < -0.3 is 15.2 Å². The number of hydrogen-bond donors (Lipinski definition) is 1. The van der Waals surface area contributed by atoms with Gasteiger partial charge in [0.25, 0.3) is 0 Å². The smallest absolute Gasteiger partial charge is 0.337 e. The summed E-state index contributed by atoms with van der Waals surface area (Å²) in [6.07, 6.45) is 3.67. The summed E-state index contributed by atoms with van der Waals surface area (Å²) in [5.74, 6) is 0.144. The topological polar surface area (TPSA) is 61.5 Å². The molecule has 0 saturated heterocycles. The number of anilines is 1. The first-order valence-corrected chi connectivity index (χ1v) is 4.82. The third kappa shape index (κ3) is 2.34. The lowest BCUT2D eigenvalue weighted by Gasteiger charge is -2.10. The third-order valence-corrected chi connectivity index (χ3v) is 2.12. The zero-order valence-electron chi connectivity index (χ0n) is 9.61. The van der Waals surface area contributed by atoms with Gasteiger partial charge in [0, 0.05) is 5.56 Å². The predicted molar refractivity (Wildman–Crippen MR) is 63.5 cm³/mol. The summed E-state index contributed by atoms with van der Waals surface area (Å²) in [4.78, 5) is 11.4. The van der Waals surface area contributed by atoms with E-state index in [1.54, 1.807) is 6.07 Å². The quantitative estimate of drug-likeness (QED) is 0.627. The van der Waals surface area contributed by atoms with E-state index in [2.05, 4.69) is 4.74 Å². The summed E-state index contributed by atoms with van der Waals surface area (Å²) < 4.78 is 9.81. The number of carbonyl (C=O) groups excluding carboxylic acids is 1. The first kappa shape index (κ1) is 12.1. The molecule has 16 heavy (non-hydrogen) atoms. The summed E-state index contributed by atoms with van der Waals surface area (Å²) in [5.41, 5.74) is 7.37. The predicted octanol–water partition coefficient (Wildman–Crippen LogP) is 2.10. The molecule has 0 aliphatic heterocycles. The van der Waals surface area contributed by atoms with Crippen molar-refractivity contribution in [2.75, 3.05) is 20.0 Å². The van der Waals surface area contributed by atoms with E-state index >= 15 is 0 Å². The van der Waals surface area contributed by atoms with Gasteiger partial charge in [0.05, 0.1) is 25.5 Å². The van der Waals surface area contributed by atoms with E-state index < -0.39 is 5.97 Å². The molecule has 0 atom stereocenters. The molecule has 0 bridgehead atoms. The zero-order chi connectivity index (χ0) is 12.1. The first-order valence-electron chi connectivity index (χ1n) is 4.82. The van der Waals surface area contributed by atoms with Crippen LogP contribution >= 0.6 is 0 Å². The number of rotatable bonds is 3. The number of ether oxygens (including phenoxy) is 2. The van der Waals surface area contributed by atoms with Crippen molar-refractivity contribution in [2.24, 2.45) is 0 Å². The van der Waals surface area contributed by atoms with Crippen LogP contribution in [0.4, 0.5) is 5.69 Å². The fourth-order valence-electron chi connectivity index (χ4n) is 1.45. The summed E-state index contributed by atoms with van der Waals surface area (Å²) in [6, 6.07) is 3.22. The van der Waals surface area contributed by atoms with Crippen LogP contribution in [0.1, 0.15) is 22.8 Å². The molecular formula is C12H15NO3. The van der Waals surface area contributed by atoms with E-state index in [9.17, 15) is 4.79 Å². The SMILES string of the molecule is CC=Cc1cc(C(=O)OC)cc(N)c1OC. The lowest BCUT2D eigenvalue weighted by Crippen LogP contribution is -2.04. The summed E-state index contributed by atoms with van der Waals surface area (Å²) in [5, 5.41) is 0. The van der Waals surface area contributed by atoms with Crippen LogP contribution in [0.15, 0.2) is 18.2 Å². The van der Waals surface area contributed by atoms with Gasteiger partial charge in [0.15, 0.2) is 0 Å². The van der Waals surface area contributed by atoms with E-state index in [-0.39, 0.29) is 0 Å². The molecule has 1 rings (SSSR count). The van der Waals surface area contributed by atoms with Gasteiger partial charge in [-0.15, -0.1) is 0 Å². The average molecular weight is 221 g/mol. The van der Waals surface area contributed by atoms with Crippen molar-refractivity contribution in [3.05, 3.63) is 29.3 Å². The third-order valence-electron chi connectivity index (χ3n) is 2.12. The minimum absolute atomic E-state index is 0.411. The van der Waals surface area contributed by atoms with Crippen molar-refractivity contribution in [3.63, 3.8) is 0 Å². The Morgan fingerprint density at radius 2 is 2.06 bits per heavy atom. The second kappa shape index (κ2) is 5.21. The van der Waals surface area contributed by atoms with Crippen LogP contribution < -0.4 is 10.5 Å². The van der Waals surface area contributed by atoms with E-state index in [1.165, 1.54) is 20.3 Å². The van der Waals surface area contributed by atoms with Crippen molar-refractivity contribution < 1.29 is 14.3 Å². The largest absolute Gasteiger partial charge is 0.494 e. The Balaban J connectivity index is 3.33. The number of methoxy groups -OCH3 is 2. The van der Waals surface area contributed by atoms with Gasteiger partial charge in [-0.05, 0) is 19.1 Å². The van der Waals surface area contributed by atoms with Gasteiger partial charge in [-0.3, -0.25) is 0 Å². The second-order valence-corrected chi connectivity index (χ2v) is 3.18. The Morgan fingerprint density at radius 1 is 1.38 bits per heavy atom. The highest BCUT2D eigenvalue weighted by Crippen LogP contribution is 2.29. The van der Waals surface area contributed by atoms with Crippen molar-refractivity contribution in [2.45, 2.75) is 6.92 Å². The fraction of sp³-hybridized carbons (Fsp3) is 0.250. The van der Waals surface area contributed by atoms with Crippen LogP contribution in [0.25, 0.3) is 6.08 Å². The van der Waals surface area contributed by atoms with Crippen LogP contribution in [0.3, 0.4) is 0 Å². The van der Waals surface area contributed by atoms with Gasteiger partial charge in [-0.1, -0.05) is 12.2 Å². The van der Waals surface area contributed by atoms with Crippen LogP contribution in [-0.4, -0.2) is 20.2 Å². The van der Waals surface area contributed by atoms with Gasteiger partial charge in [-0.2, -0.15) is 0 Å². The summed E-state index contributed by atoms with van der Waals surface area (Å²) >= 11 is 0. The molecule has 0 heterocycles. The lowest BCUT2D eigenvalue weighted by molar-refractivity contribution is 0.0600. The molecule has 0 saturated carbocycles. The van der Waals surface area contributed by atoms with Gasteiger partial charge in [0.2, 0.25) is 0 Å². The zero-order valence-corrected chi connectivity index (χ0v) is 9.61. The average Bonchev–Trinajstić information content (AvgIpc) is 2.28. The molecule has 0 radical (unpaired) electrons. The van der Waals surface area contributed by atoms with Crippen LogP contribution in [0, 0.1) is 0 Å². The van der Waals surface area contributed by atoms with Crippen LogP contribution in [-0.2, 0) is 4.74 Å². The highest BCUT2D eigenvalue weighted by molar-refractivity contribution is 5.92. The van der Waals surface area contributed by atoms with Gasteiger partial charge >= 0.3 is 5.97 Å². The molecular weight excluding hydrogens is 206 g/mol. The highest BCUT2D eigenvalue weighted by Gasteiger charge is 2.12. The molecule has 0 unspecified atom stereocenters. The maximum atomic E-state index is 11.4. The first-order chi connectivity index (χ1) is 7.63. The fourth-order valence-corrected chi connectivity index (χ4v) is 1.45. The van der Waals surface area contributed by atoms with E-state index in [1.807, 2.05) is 19.1 Å². The van der Waals surface area contributed by atoms with Crippen molar-refractivity contribution in [1.82, 2.24) is 0 Å². The van der Waals surface area contributed by atoms with E-state index in [4.69, 9.17) is 10.5 Å². The summed E-state index contributed by atoms with van der Waals surface area (Å²) in [6.45, 7) is 1.88. The molecule has 86 valence electrons. The van der Waals surface area contributed by atoms with Crippen LogP contribution in [0.5, 0.6) is 5.75 Å². The molecule has 0 aliphatic carbocycles. The second-order valence-electron chi connectivity index (χ2n) is 3.18. The van der Waals surface area contributed by atoms with E-state index in [0.717, 1.165) is 5.56 Å². The minimum Gasteiger partial charge on any atom is -0.494 e. The van der Waals surface area contributed by atoms with Crippen molar-refractivity contribution in [3.8, 4) is 5.75 Å². The van der Waals surface area contributed by atoms with Crippen molar-refractivity contribution in [1.29, 1.82) is 0 Å². The Bertz CT molecular complexity index is 425. The molecule has 0 fully saturated rings. The number of benzene rings is 1. The number of esters is 1. The monoisotopic (exact) mass is 221 g/mol. The van der Waals surface area contributed by atoms with Crippen molar-refractivity contribution >= 4 is 17.7 Å². The summed E-state index contributed by atoms with van der Waals surface area (Å²) in [7, 11) is 2.87. The molecule has 0 amide bonds. The number of carbonyl (C=O) groups is 1. The highest BCUT2D eigenvalue weighted by atomic mass is 16.5. The molecule has 1 aromatic carbocycles. The molecule has 2 N–H and O–H groups in total. The Kier molecular flexibility index (Phi) is 3.94. The Morgan fingerprint density at radius 3 is 2.56 bits per heavy atom. The molecule has 4 nitrogen and oxygen atoms in total. The Hall–Kier alpha value is -1.97. The van der Waals surface area contributed by atoms with Crippen LogP contribution in [0.2, 0.25) is 0 Å². The molecule has 1 aromatic rings. The minimum atomic E-state index is -0.417. The lowest BCUT2D eigenvalue weighted by atomic mass is 10.1. The van der Waals surface area contributed by atoms with E-state index in [0.29, 0.717) is 17.0 Å². The Labute approximate surface area is 94.7 Å². The molecule has 0 aromatic heterocycles. The number of allylic oxidation sites excluding steroid dienone is 1. The molecule has 0 aliphatic rings. The number of hydrogen-bond acceptors (Lipinski definition) is 4. The molecule has 4 heteroatoms. The normalized spacial score (nSPS) is 10.4. The number of nitrogens with two attached hydrogens (primary N) is 1. The molecule has 0 spiro atoms.